The zero-order chi connectivity index (χ0) is 21.8. The van der Waals surface area contributed by atoms with Crippen molar-refractivity contribution < 1.29 is 14.3 Å². The van der Waals surface area contributed by atoms with Crippen LogP contribution in [0.5, 0.6) is 11.6 Å². The van der Waals surface area contributed by atoms with Crippen molar-refractivity contribution in [3.8, 4) is 23.0 Å². The highest BCUT2D eigenvalue weighted by Crippen LogP contribution is 2.22. The predicted molar refractivity (Wildman–Crippen MR) is 117 cm³/mol. The summed E-state index contributed by atoms with van der Waals surface area (Å²) >= 11 is 12.0. The van der Waals surface area contributed by atoms with Crippen LogP contribution >= 0.6 is 23.2 Å². The summed E-state index contributed by atoms with van der Waals surface area (Å²) in [5.74, 6) is 1.36. The number of hydrogen-bond acceptors (Lipinski definition) is 6. The molecule has 1 N–H and O–H groups in total. The number of halogens is 2. The van der Waals surface area contributed by atoms with E-state index in [2.05, 4.69) is 20.6 Å². The van der Waals surface area contributed by atoms with Crippen molar-refractivity contribution >= 4 is 34.8 Å². The minimum absolute atomic E-state index is 0.211. The van der Waals surface area contributed by atoms with E-state index in [1.807, 2.05) is 24.3 Å². The molecule has 31 heavy (non-hydrogen) atoms. The zero-order valence-corrected chi connectivity index (χ0v) is 17.9. The van der Waals surface area contributed by atoms with Crippen LogP contribution in [-0.4, -0.2) is 46.0 Å². The molecule has 0 spiro atoms. The molecule has 0 bridgehead atoms. The standard InChI is InChI=1S/C21H17Cl2N5O3/c1-30-15-5-2-13(3-6-15)20-26-25-18-8-9-19(27-28(18)20)31-11-10-24-21(29)16-12-14(22)4-7-17(16)23/h2-9,12H,10-11H2,1H3,(H,24,29). The second-order valence-electron chi connectivity index (χ2n) is 6.42. The molecule has 0 saturated heterocycles. The third kappa shape index (κ3) is 4.70. The van der Waals surface area contributed by atoms with Gasteiger partial charge in [-0.2, -0.15) is 4.52 Å². The van der Waals surface area contributed by atoms with Gasteiger partial charge < -0.3 is 14.8 Å². The summed E-state index contributed by atoms with van der Waals surface area (Å²) in [6.45, 7) is 0.470. The molecule has 0 saturated carbocycles. The number of amides is 1. The highest BCUT2D eigenvalue weighted by molar-refractivity contribution is 6.35. The van der Waals surface area contributed by atoms with E-state index in [4.69, 9.17) is 32.7 Å². The monoisotopic (exact) mass is 457 g/mol. The number of fused-ring (bicyclic) bond motifs is 1. The lowest BCUT2D eigenvalue weighted by molar-refractivity contribution is 0.0946. The van der Waals surface area contributed by atoms with Crippen LogP contribution in [0.25, 0.3) is 17.0 Å². The molecule has 0 unspecified atom stereocenters. The van der Waals surface area contributed by atoms with Crippen molar-refractivity contribution in [1.82, 2.24) is 25.1 Å². The number of rotatable bonds is 7. The molecular weight excluding hydrogens is 441 g/mol. The topological polar surface area (TPSA) is 90.6 Å². The van der Waals surface area contributed by atoms with Crippen molar-refractivity contribution in [3.63, 3.8) is 0 Å². The van der Waals surface area contributed by atoms with Crippen LogP contribution in [-0.2, 0) is 0 Å². The molecule has 2 aromatic carbocycles. The largest absolute Gasteiger partial charge is 0.497 e. The smallest absolute Gasteiger partial charge is 0.252 e. The lowest BCUT2D eigenvalue weighted by Gasteiger charge is -2.09. The summed E-state index contributed by atoms with van der Waals surface area (Å²) in [5.41, 5.74) is 1.73. The Morgan fingerprint density at radius 1 is 1.06 bits per heavy atom. The average molecular weight is 458 g/mol. The summed E-state index contributed by atoms with van der Waals surface area (Å²) in [6.07, 6.45) is 0. The maximum absolute atomic E-state index is 12.3. The Hall–Kier alpha value is -3.36. The van der Waals surface area contributed by atoms with E-state index in [0.717, 1.165) is 11.3 Å². The van der Waals surface area contributed by atoms with Crippen LogP contribution in [0.15, 0.2) is 54.6 Å². The highest BCUT2D eigenvalue weighted by Gasteiger charge is 2.12. The Morgan fingerprint density at radius 2 is 1.87 bits per heavy atom. The average Bonchev–Trinajstić information content (AvgIpc) is 3.21. The number of nitrogens with one attached hydrogen (secondary N) is 1. The second kappa shape index (κ2) is 9.20. The molecule has 158 valence electrons. The first-order valence-corrected chi connectivity index (χ1v) is 10.0. The highest BCUT2D eigenvalue weighted by atomic mass is 35.5. The number of nitrogens with zero attached hydrogens (tertiary/aromatic N) is 4. The van der Waals surface area contributed by atoms with Crippen molar-refractivity contribution in [2.24, 2.45) is 0 Å². The number of methoxy groups -OCH3 is 1. The maximum Gasteiger partial charge on any atom is 0.252 e. The number of benzene rings is 2. The lowest BCUT2D eigenvalue weighted by atomic mass is 10.2. The number of carbonyl (C=O) groups is 1. The Morgan fingerprint density at radius 3 is 2.65 bits per heavy atom. The molecule has 0 aliphatic carbocycles. The number of aromatic nitrogens is 4. The summed E-state index contributed by atoms with van der Waals surface area (Å²) in [7, 11) is 1.61. The molecule has 0 atom stereocenters. The van der Waals surface area contributed by atoms with Gasteiger partial charge in [0.05, 0.1) is 24.2 Å². The van der Waals surface area contributed by atoms with Gasteiger partial charge in [0.15, 0.2) is 11.5 Å². The van der Waals surface area contributed by atoms with E-state index in [9.17, 15) is 4.79 Å². The number of carbonyl (C=O) groups excluding carboxylic acids is 1. The van der Waals surface area contributed by atoms with Crippen LogP contribution < -0.4 is 14.8 Å². The van der Waals surface area contributed by atoms with E-state index in [1.54, 1.807) is 35.9 Å². The molecule has 4 rings (SSSR count). The fourth-order valence-electron chi connectivity index (χ4n) is 2.86. The van der Waals surface area contributed by atoms with Crippen LogP contribution in [0, 0.1) is 0 Å². The summed E-state index contributed by atoms with van der Waals surface area (Å²) in [6, 6.07) is 15.6. The van der Waals surface area contributed by atoms with Gasteiger partial charge in [0.2, 0.25) is 5.88 Å². The Balaban J connectivity index is 1.41. The molecule has 0 aliphatic rings. The van der Waals surface area contributed by atoms with Crippen LogP contribution in [0.4, 0.5) is 0 Å². The fraction of sp³-hybridized carbons (Fsp3) is 0.143. The molecule has 10 heteroatoms. The van der Waals surface area contributed by atoms with Gasteiger partial charge in [-0.15, -0.1) is 15.3 Å². The molecule has 1 amide bonds. The van der Waals surface area contributed by atoms with Gasteiger partial charge in [-0.3, -0.25) is 4.79 Å². The van der Waals surface area contributed by atoms with Crippen molar-refractivity contribution in [2.75, 3.05) is 20.3 Å². The minimum atomic E-state index is -0.333. The normalized spacial score (nSPS) is 10.8. The van der Waals surface area contributed by atoms with Gasteiger partial charge in [-0.05, 0) is 48.5 Å². The number of hydrogen-bond donors (Lipinski definition) is 1. The van der Waals surface area contributed by atoms with Crippen molar-refractivity contribution in [3.05, 3.63) is 70.2 Å². The number of ether oxygens (including phenoxy) is 2. The molecule has 2 heterocycles. The lowest BCUT2D eigenvalue weighted by Crippen LogP contribution is -2.28. The van der Waals surface area contributed by atoms with Crippen LogP contribution in [0.3, 0.4) is 0 Å². The summed E-state index contributed by atoms with van der Waals surface area (Å²) in [4.78, 5) is 12.3. The molecule has 0 radical (unpaired) electrons. The zero-order valence-electron chi connectivity index (χ0n) is 16.4. The van der Waals surface area contributed by atoms with Gasteiger partial charge in [-0.25, -0.2) is 0 Å². The fourth-order valence-corrected chi connectivity index (χ4v) is 3.23. The first-order valence-electron chi connectivity index (χ1n) is 9.28. The van der Waals surface area contributed by atoms with E-state index in [1.165, 1.54) is 6.07 Å². The summed E-state index contributed by atoms with van der Waals surface area (Å²) < 4.78 is 12.5. The van der Waals surface area contributed by atoms with Gasteiger partial charge in [0.25, 0.3) is 5.91 Å². The van der Waals surface area contributed by atoms with E-state index >= 15 is 0 Å². The SMILES string of the molecule is COc1ccc(-c2nnc3ccc(OCCNC(=O)c4cc(Cl)ccc4Cl)nn23)cc1. The minimum Gasteiger partial charge on any atom is -0.497 e. The summed E-state index contributed by atoms with van der Waals surface area (Å²) in [5, 5.41) is 16.3. The van der Waals surface area contributed by atoms with E-state index < -0.39 is 0 Å². The van der Waals surface area contributed by atoms with Crippen LogP contribution in [0.2, 0.25) is 10.0 Å². The van der Waals surface area contributed by atoms with E-state index in [-0.39, 0.29) is 19.1 Å². The van der Waals surface area contributed by atoms with Crippen molar-refractivity contribution in [2.45, 2.75) is 0 Å². The van der Waals surface area contributed by atoms with Gasteiger partial charge in [0.1, 0.15) is 12.4 Å². The molecule has 8 nitrogen and oxygen atoms in total. The first-order chi connectivity index (χ1) is 15.0. The Bertz CT molecular complexity index is 1230. The second-order valence-corrected chi connectivity index (χ2v) is 7.27. The molecule has 4 aromatic rings. The quantitative estimate of drug-likeness (QED) is 0.423. The molecule has 0 aliphatic heterocycles. The van der Waals surface area contributed by atoms with Gasteiger partial charge in [-0.1, -0.05) is 23.2 Å². The van der Waals surface area contributed by atoms with E-state index in [0.29, 0.717) is 33.0 Å². The molecular formula is C21H17Cl2N5O3. The Labute approximate surface area is 187 Å². The Kier molecular flexibility index (Phi) is 6.20. The molecule has 0 fully saturated rings. The third-order valence-corrected chi connectivity index (χ3v) is 4.96. The van der Waals surface area contributed by atoms with Crippen LogP contribution in [0.1, 0.15) is 10.4 Å². The predicted octanol–water partition coefficient (Wildman–Crippen LogP) is 3.92. The van der Waals surface area contributed by atoms with Gasteiger partial charge in [0, 0.05) is 16.7 Å². The van der Waals surface area contributed by atoms with Crippen molar-refractivity contribution in [1.29, 1.82) is 0 Å². The first kappa shape index (κ1) is 20.9. The third-order valence-electron chi connectivity index (χ3n) is 4.40. The van der Waals surface area contributed by atoms with Gasteiger partial charge >= 0.3 is 0 Å². The maximum atomic E-state index is 12.3. The molecule has 2 aromatic heterocycles.